The van der Waals surface area contributed by atoms with E-state index in [4.69, 9.17) is 9.47 Å². The van der Waals surface area contributed by atoms with Crippen molar-refractivity contribution in [1.82, 2.24) is 15.1 Å². The Hall–Kier alpha value is -1.95. The average Bonchev–Trinajstić information content (AvgIpc) is 3.27. The normalized spacial score (nSPS) is 30.2. The summed E-state index contributed by atoms with van der Waals surface area (Å²) in [6, 6.07) is 6.34. The first-order valence-corrected chi connectivity index (χ1v) is 9.51. The number of benzene rings is 1. The Morgan fingerprint density at radius 2 is 1.88 bits per heavy atom. The van der Waals surface area contributed by atoms with Gasteiger partial charge in [-0.3, -0.25) is 4.90 Å². The number of amides is 2. The first kappa shape index (κ1) is 17.5. The molecule has 26 heavy (non-hydrogen) atoms. The summed E-state index contributed by atoms with van der Waals surface area (Å²) in [7, 11) is 3.34. The molecule has 0 aromatic heterocycles. The van der Waals surface area contributed by atoms with Crippen molar-refractivity contribution in [3.8, 4) is 11.5 Å². The van der Waals surface area contributed by atoms with Crippen molar-refractivity contribution in [1.29, 1.82) is 0 Å². The summed E-state index contributed by atoms with van der Waals surface area (Å²) in [5.74, 6) is 2.35. The lowest BCUT2D eigenvalue weighted by molar-refractivity contribution is 0.136. The molecule has 5 rings (SSSR count). The maximum atomic E-state index is 12.6. The number of rotatable bonds is 5. The van der Waals surface area contributed by atoms with Gasteiger partial charge >= 0.3 is 6.03 Å². The molecule has 6 heteroatoms. The molecule has 3 aliphatic heterocycles. The van der Waals surface area contributed by atoms with Crippen molar-refractivity contribution in [2.45, 2.75) is 44.3 Å². The van der Waals surface area contributed by atoms with Gasteiger partial charge in [0.25, 0.3) is 0 Å². The number of fused-ring (bicyclic) bond motifs is 1. The van der Waals surface area contributed by atoms with Gasteiger partial charge in [0.2, 0.25) is 0 Å². The molecule has 2 bridgehead atoms. The second-order valence-corrected chi connectivity index (χ2v) is 8.27. The Kier molecular flexibility index (Phi) is 4.47. The number of hydrogen-bond donors (Lipinski definition) is 1. The molecule has 1 aromatic carbocycles. The minimum absolute atomic E-state index is 0.115. The van der Waals surface area contributed by atoms with Gasteiger partial charge in [0.15, 0.2) is 0 Å². The van der Waals surface area contributed by atoms with E-state index < -0.39 is 0 Å². The fraction of sp³-hybridized carbons (Fsp3) is 0.650. The lowest BCUT2D eigenvalue weighted by Crippen LogP contribution is -2.52. The van der Waals surface area contributed by atoms with Crippen LogP contribution in [0.2, 0.25) is 0 Å². The highest BCUT2D eigenvalue weighted by Gasteiger charge is 2.54. The van der Waals surface area contributed by atoms with Gasteiger partial charge in [-0.05, 0) is 49.8 Å². The second-order valence-electron chi connectivity index (χ2n) is 8.27. The minimum Gasteiger partial charge on any atom is -0.497 e. The number of urea groups is 1. The van der Waals surface area contributed by atoms with E-state index >= 15 is 0 Å². The van der Waals surface area contributed by atoms with Crippen LogP contribution in [-0.2, 0) is 6.54 Å². The van der Waals surface area contributed by atoms with Crippen LogP contribution in [-0.4, -0.2) is 61.3 Å². The summed E-state index contributed by atoms with van der Waals surface area (Å²) in [5.41, 5.74) is 1.28. The highest BCUT2D eigenvalue weighted by molar-refractivity contribution is 5.76. The van der Waals surface area contributed by atoms with E-state index in [1.807, 2.05) is 18.2 Å². The van der Waals surface area contributed by atoms with Crippen LogP contribution >= 0.6 is 0 Å². The van der Waals surface area contributed by atoms with Gasteiger partial charge in [0.1, 0.15) is 11.5 Å². The Morgan fingerprint density at radius 3 is 2.46 bits per heavy atom. The van der Waals surface area contributed by atoms with Gasteiger partial charge < -0.3 is 19.7 Å². The van der Waals surface area contributed by atoms with Crippen LogP contribution < -0.4 is 14.8 Å². The Balaban J connectivity index is 1.32. The van der Waals surface area contributed by atoms with Crippen molar-refractivity contribution >= 4 is 6.03 Å². The highest BCUT2D eigenvalue weighted by atomic mass is 16.5. The van der Waals surface area contributed by atoms with Gasteiger partial charge in [0, 0.05) is 43.8 Å². The number of nitrogens with one attached hydrogen (secondary N) is 1. The molecule has 1 unspecified atom stereocenters. The molecule has 6 nitrogen and oxygen atoms in total. The van der Waals surface area contributed by atoms with E-state index in [0.717, 1.165) is 50.0 Å². The fourth-order valence-corrected chi connectivity index (χ4v) is 4.90. The number of ether oxygens (including phenoxy) is 2. The number of methoxy groups -OCH3 is 2. The topological polar surface area (TPSA) is 54.0 Å². The van der Waals surface area contributed by atoms with Gasteiger partial charge in [-0.15, -0.1) is 0 Å². The van der Waals surface area contributed by atoms with E-state index in [-0.39, 0.29) is 17.6 Å². The maximum absolute atomic E-state index is 12.6. The van der Waals surface area contributed by atoms with Crippen molar-refractivity contribution in [3.05, 3.63) is 23.8 Å². The van der Waals surface area contributed by atoms with Crippen LogP contribution in [0.3, 0.4) is 0 Å². The third-order valence-corrected chi connectivity index (χ3v) is 6.21. The number of likely N-dealkylation sites (tertiary alicyclic amines) is 1. The molecule has 1 N–H and O–H groups in total. The predicted octanol–water partition coefficient (Wildman–Crippen LogP) is 2.47. The number of carbonyl (C=O) groups is 1. The smallest absolute Gasteiger partial charge is 0.318 e. The third-order valence-electron chi connectivity index (χ3n) is 6.21. The van der Waals surface area contributed by atoms with E-state index in [9.17, 15) is 4.79 Å². The zero-order valence-electron chi connectivity index (χ0n) is 16.0. The van der Waals surface area contributed by atoms with Crippen LogP contribution in [0.15, 0.2) is 18.2 Å². The molecule has 4 fully saturated rings. The van der Waals surface area contributed by atoms with Crippen molar-refractivity contribution in [3.63, 3.8) is 0 Å². The summed E-state index contributed by atoms with van der Waals surface area (Å²) in [4.78, 5) is 17.1. The molecule has 1 saturated carbocycles. The summed E-state index contributed by atoms with van der Waals surface area (Å²) < 4.78 is 10.7. The molecular weight excluding hydrogens is 330 g/mol. The van der Waals surface area contributed by atoms with Gasteiger partial charge in [-0.1, -0.05) is 0 Å². The SMILES string of the molecule is COc1cc(CN2CCC(NC(=O)N3CC4CC3(C)C4)C2)cc(OC)c1. The van der Waals surface area contributed by atoms with Gasteiger partial charge in [-0.25, -0.2) is 4.79 Å². The first-order valence-electron chi connectivity index (χ1n) is 9.51. The lowest BCUT2D eigenvalue weighted by atomic mass is 9.75. The van der Waals surface area contributed by atoms with Crippen molar-refractivity contribution in [2.75, 3.05) is 33.9 Å². The van der Waals surface area contributed by atoms with E-state index in [0.29, 0.717) is 0 Å². The first-order chi connectivity index (χ1) is 12.5. The van der Waals surface area contributed by atoms with Gasteiger partial charge in [0.05, 0.1) is 14.2 Å². The van der Waals surface area contributed by atoms with Crippen LogP contribution in [0, 0.1) is 5.92 Å². The quantitative estimate of drug-likeness (QED) is 0.878. The number of nitrogens with zero attached hydrogens (tertiary/aromatic N) is 2. The molecule has 1 aromatic rings. The molecule has 2 amide bonds. The summed E-state index contributed by atoms with van der Waals surface area (Å²) in [6.45, 7) is 5.86. The number of hydrogen-bond acceptors (Lipinski definition) is 4. The van der Waals surface area contributed by atoms with E-state index in [2.05, 4.69) is 22.0 Å². The molecule has 142 valence electrons. The van der Waals surface area contributed by atoms with Crippen LogP contribution in [0.5, 0.6) is 11.5 Å². The van der Waals surface area contributed by atoms with E-state index in [1.54, 1.807) is 14.2 Å². The molecule has 0 radical (unpaired) electrons. The zero-order valence-corrected chi connectivity index (χ0v) is 16.0. The molecule has 1 atom stereocenters. The monoisotopic (exact) mass is 359 g/mol. The molecule has 1 aliphatic carbocycles. The van der Waals surface area contributed by atoms with Crippen LogP contribution in [0.1, 0.15) is 31.7 Å². The molecule has 3 heterocycles. The summed E-state index contributed by atoms with van der Waals surface area (Å²) >= 11 is 0. The Morgan fingerprint density at radius 1 is 1.19 bits per heavy atom. The fourth-order valence-electron chi connectivity index (χ4n) is 4.90. The highest BCUT2D eigenvalue weighted by Crippen LogP contribution is 2.50. The molecule has 4 aliphatic rings. The van der Waals surface area contributed by atoms with Gasteiger partial charge in [-0.2, -0.15) is 0 Å². The largest absolute Gasteiger partial charge is 0.497 e. The van der Waals surface area contributed by atoms with Crippen LogP contribution in [0.25, 0.3) is 0 Å². The Bertz CT molecular complexity index is 665. The summed E-state index contributed by atoms with van der Waals surface area (Å²) in [6.07, 6.45) is 3.35. The minimum atomic E-state index is 0.115. The van der Waals surface area contributed by atoms with Crippen LogP contribution in [0.4, 0.5) is 4.79 Å². The molecular formula is C20H29N3O3. The predicted molar refractivity (Wildman–Crippen MR) is 99.6 cm³/mol. The second kappa shape index (κ2) is 6.65. The average molecular weight is 359 g/mol. The van der Waals surface area contributed by atoms with Crippen molar-refractivity contribution in [2.24, 2.45) is 5.92 Å². The zero-order chi connectivity index (χ0) is 18.3. The van der Waals surface area contributed by atoms with E-state index in [1.165, 1.54) is 18.4 Å². The lowest BCUT2D eigenvalue weighted by Gasteiger charge is -2.38. The Labute approximate surface area is 155 Å². The molecule has 3 saturated heterocycles. The summed E-state index contributed by atoms with van der Waals surface area (Å²) in [5, 5.41) is 3.26. The standard InChI is InChI=1S/C20H29N3O3/c1-20-9-15(10-20)12-23(20)19(24)21-16-4-5-22(13-16)11-14-6-17(25-2)8-18(7-14)26-3/h6-8,15-16H,4-5,9-13H2,1-3H3,(H,21,24). The maximum Gasteiger partial charge on any atom is 0.318 e. The van der Waals surface area contributed by atoms with Crippen molar-refractivity contribution < 1.29 is 14.3 Å². The molecule has 0 spiro atoms. The number of carbonyl (C=O) groups excluding carboxylic acids is 1. The third kappa shape index (κ3) is 3.22.